The number of nitrogens with zero attached hydrogens (tertiary/aromatic N) is 2. The van der Waals surface area contributed by atoms with Crippen LogP contribution in [0.2, 0.25) is 0 Å². The fourth-order valence-electron chi connectivity index (χ4n) is 3.15. The Kier molecular flexibility index (Phi) is 3.39. The van der Waals surface area contributed by atoms with Crippen molar-refractivity contribution >= 4 is 22.9 Å². The monoisotopic (exact) mass is 289 g/mol. The van der Waals surface area contributed by atoms with Crippen molar-refractivity contribution in [1.29, 1.82) is 0 Å². The third-order valence-electron chi connectivity index (χ3n) is 4.20. The van der Waals surface area contributed by atoms with Gasteiger partial charge in [-0.2, -0.15) is 0 Å². The van der Waals surface area contributed by atoms with E-state index in [-0.39, 0.29) is 0 Å². The van der Waals surface area contributed by atoms with Gasteiger partial charge in [-0.15, -0.1) is 0 Å². The molecule has 0 atom stereocenters. The maximum Gasteiger partial charge on any atom is 0.115 e. The van der Waals surface area contributed by atoms with E-state index in [1.54, 1.807) is 0 Å². The lowest BCUT2D eigenvalue weighted by Crippen LogP contribution is -2.17. The summed E-state index contributed by atoms with van der Waals surface area (Å²) in [7, 11) is 0. The van der Waals surface area contributed by atoms with Gasteiger partial charge in [0.15, 0.2) is 0 Å². The highest BCUT2D eigenvalue weighted by Crippen LogP contribution is 2.31. The van der Waals surface area contributed by atoms with Gasteiger partial charge in [0.05, 0.1) is 12.1 Å². The predicted molar refractivity (Wildman–Crippen MR) is 92.8 cm³/mol. The Morgan fingerprint density at radius 2 is 1.86 bits per heavy atom. The van der Waals surface area contributed by atoms with Crippen molar-refractivity contribution in [3.8, 4) is 0 Å². The predicted octanol–water partition coefficient (Wildman–Crippen LogP) is 4.08. The van der Waals surface area contributed by atoms with Gasteiger partial charge in [0.2, 0.25) is 0 Å². The molecule has 0 fully saturated rings. The molecule has 0 unspecified atom stereocenters. The van der Waals surface area contributed by atoms with Gasteiger partial charge in [0.1, 0.15) is 5.82 Å². The first-order valence-electron chi connectivity index (χ1n) is 7.82. The molecule has 0 radical (unpaired) electrons. The molecule has 4 rings (SSSR count). The Labute approximate surface area is 130 Å². The lowest BCUT2D eigenvalue weighted by atomic mass is 10.2. The average Bonchev–Trinajstić information content (AvgIpc) is 2.91. The Morgan fingerprint density at radius 1 is 1.05 bits per heavy atom. The summed E-state index contributed by atoms with van der Waals surface area (Å²) in [4.78, 5) is 4.66. The SMILES string of the molecule is C(=NCc1ccccc1)c1c2n(c3ccccc13)CCCN2. The number of nitrogens with one attached hydrogen (secondary N) is 1. The van der Waals surface area contributed by atoms with E-state index in [9.17, 15) is 0 Å². The summed E-state index contributed by atoms with van der Waals surface area (Å²) >= 11 is 0. The van der Waals surface area contributed by atoms with Crippen molar-refractivity contribution in [3.05, 3.63) is 65.7 Å². The number of aliphatic imine (C=N–C) groups is 1. The van der Waals surface area contributed by atoms with Crippen LogP contribution in [0, 0.1) is 0 Å². The quantitative estimate of drug-likeness (QED) is 0.723. The largest absolute Gasteiger partial charge is 0.371 e. The van der Waals surface area contributed by atoms with E-state index in [1.807, 2.05) is 12.3 Å². The highest BCUT2D eigenvalue weighted by atomic mass is 15.1. The van der Waals surface area contributed by atoms with Crippen molar-refractivity contribution in [2.45, 2.75) is 19.5 Å². The van der Waals surface area contributed by atoms with Crippen LogP contribution in [-0.4, -0.2) is 17.3 Å². The standard InChI is InChI=1S/C19H19N3/c1-2-7-15(8-3-1)13-20-14-17-16-9-4-5-10-18(16)22-12-6-11-21-19(17)22/h1-5,7-10,14,21H,6,11-13H2. The summed E-state index contributed by atoms with van der Waals surface area (Å²) in [5.74, 6) is 1.21. The summed E-state index contributed by atoms with van der Waals surface area (Å²) in [6, 6.07) is 19.0. The minimum absolute atomic E-state index is 0.722. The van der Waals surface area contributed by atoms with Crippen LogP contribution < -0.4 is 5.32 Å². The molecule has 110 valence electrons. The molecule has 0 saturated heterocycles. The number of fused-ring (bicyclic) bond motifs is 3. The molecule has 1 aliphatic rings. The molecule has 0 saturated carbocycles. The average molecular weight is 289 g/mol. The molecule has 0 spiro atoms. The van der Waals surface area contributed by atoms with E-state index in [0.29, 0.717) is 0 Å². The number of aryl methyl sites for hydroxylation is 1. The van der Waals surface area contributed by atoms with Crippen LogP contribution in [0.4, 0.5) is 5.82 Å². The maximum absolute atomic E-state index is 4.66. The van der Waals surface area contributed by atoms with Crippen LogP contribution in [-0.2, 0) is 13.1 Å². The molecule has 3 heteroatoms. The van der Waals surface area contributed by atoms with Gasteiger partial charge in [-0.05, 0) is 18.1 Å². The topological polar surface area (TPSA) is 29.3 Å². The third-order valence-corrected chi connectivity index (χ3v) is 4.20. The normalized spacial score (nSPS) is 14.2. The minimum Gasteiger partial charge on any atom is -0.371 e. The van der Waals surface area contributed by atoms with Crippen molar-refractivity contribution in [2.75, 3.05) is 11.9 Å². The Morgan fingerprint density at radius 3 is 2.77 bits per heavy atom. The van der Waals surface area contributed by atoms with Crippen molar-refractivity contribution < 1.29 is 0 Å². The highest BCUT2D eigenvalue weighted by Gasteiger charge is 2.17. The molecular formula is C19H19N3. The van der Waals surface area contributed by atoms with E-state index in [0.717, 1.165) is 19.6 Å². The number of hydrogen-bond donors (Lipinski definition) is 1. The van der Waals surface area contributed by atoms with Crippen molar-refractivity contribution in [3.63, 3.8) is 0 Å². The van der Waals surface area contributed by atoms with E-state index < -0.39 is 0 Å². The van der Waals surface area contributed by atoms with Crippen LogP contribution in [0.3, 0.4) is 0 Å². The van der Waals surface area contributed by atoms with Gasteiger partial charge in [0, 0.05) is 30.3 Å². The smallest absolute Gasteiger partial charge is 0.115 e. The van der Waals surface area contributed by atoms with Crippen molar-refractivity contribution in [2.24, 2.45) is 4.99 Å². The Bertz CT molecular complexity index is 815. The summed E-state index contributed by atoms with van der Waals surface area (Å²) in [6.07, 6.45) is 3.20. The number of rotatable bonds is 3. The molecule has 22 heavy (non-hydrogen) atoms. The van der Waals surface area contributed by atoms with Gasteiger partial charge in [-0.3, -0.25) is 4.99 Å². The molecule has 2 aromatic carbocycles. The zero-order valence-corrected chi connectivity index (χ0v) is 12.5. The van der Waals surface area contributed by atoms with E-state index >= 15 is 0 Å². The van der Waals surface area contributed by atoms with E-state index in [4.69, 9.17) is 0 Å². The molecule has 1 N–H and O–H groups in total. The molecule has 0 amide bonds. The van der Waals surface area contributed by atoms with E-state index in [2.05, 4.69) is 63.4 Å². The Balaban J connectivity index is 1.72. The molecule has 1 aromatic heterocycles. The lowest BCUT2D eigenvalue weighted by Gasteiger charge is -2.18. The second kappa shape index (κ2) is 5.68. The molecule has 2 heterocycles. The maximum atomic E-state index is 4.66. The molecular weight excluding hydrogens is 270 g/mol. The zero-order chi connectivity index (χ0) is 14.8. The van der Waals surface area contributed by atoms with Gasteiger partial charge in [-0.1, -0.05) is 48.5 Å². The summed E-state index contributed by atoms with van der Waals surface area (Å²) in [5, 5.41) is 4.82. The first-order chi connectivity index (χ1) is 10.9. The number of benzene rings is 2. The van der Waals surface area contributed by atoms with E-state index in [1.165, 1.54) is 34.3 Å². The Hall–Kier alpha value is -2.55. The first-order valence-corrected chi connectivity index (χ1v) is 7.82. The summed E-state index contributed by atoms with van der Waals surface area (Å²) < 4.78 is 2.38. The lowest BCUT2D eigenvalue weighted by molar-refractivity contribution is 0.649. The van der Waals surface area contributed by atoms with Crippen molar-refractivity contribution in [1.82, 2.24) is 4.57 Å². The van der Waals surface area contributed by atoms with Gasteiger partial charge >= 0.3 is 0 Å². The highest BCUT2D eigenvalue weighted by molar-refractivity contribution is 6.05. The minimum atomic E-state index is 0.722. The first kappa shape index (κ1) is 13.1. The van der Waals surface area contributed by atoms with Gasteiger partial charge < -0.3 is 9.88 Å². The molecule has 0 aliphatic carbocycles. The summed E-state index contributed by atoms with van der Waals surface area (Å²) in [5.41, 5.74) is 3.75. The second-order valence-electron chi connectivity index (χ2n) is 5.67. The fraction of sp³-hybridized carbons (Fsp3) is 0.211. The van der Waals surface area contributed by atoms with Gasteiger partial charge in [0.25, 0.3) is 0 Å². The van der Waals surface area contributed by atoms with Crippen LogP contribution in [0.25, 0.3) is 10.9 Å². The molecule has 3 nitrogen and oxygen atoms in total. The molecule has 0 bridgehead atoms. The number of para-hydroxylation sites is 1. The second-order valence-corrected chi connectivity index (χ2v) is 5.67. The van der Waals surface area contributed by atoms with Crippen LogP contribution in [0.5, 0.6) is 0 Å². The molecule has 3 aromatic rings. The third kappa shape index (κ3) is 2.29. The number of aromatic nitrogens is 1. The fourth-order valence-corrected chi connectivity index (χ4v) is 3.15. The summed E-state index contributed by atoms with van der Waals surface area (Å²) in [6.45, 7) is 2.84. The zero-order valence-electron chi connectivity index (χ0n) is 12.5. The number of anilines is 1. The van der Waals surface area contributed by atoms with Crippen LogP contribution in [0.15, 0.2) is 59.6 Å². The molecule has 1 aliphatic heterocycles. The van der Waals surface area contributed by atoms with Crippen LogP contribution >= 0.6 is 0 Å². The van der Waals surface area contributed by atoms with Gasteiger partial charge in [-0.25, -0.2) is 0 Å². The number of hydrogen-bond acceptors (Lipinski definition) is 2. The van der Waals surface area contributed by atoms with Crippen LogP contribution in [0.1, 0.15) is 17.5 Å².